The first-order chi connectivity index (χ1) is 10.3. The predicted octanol–water partition coefficient (Wildman–Crippen LogP) is 2.28. The maximum absolute atomic E-state index is 12.3. The molecule has 0 aliphatic heterocycles. The molecule has 3 rings (SSSR count). The Morgan fingerprint density at radius 3 is 2.86 bits per heavy atom. The van der Waals surface area contributed by atoms with E-state index in [-0.39, 0.29) is 5.91 Å². The number of aromatic nitrogens is 5. The van der Waals surface area contributed by atoms with E-state index >= 15 is 0 Å². The van der Waals surface area contributed by atoms with Crippen LogP contribution in [0, 0.1) is 0 Å². The minimum atomic E-state index is -0.250. The van der Waals surface area contributed by atoms with Gasteiger partial charge in [-0.3, -0.25) is 9.78 Å². The zero-order valence-corrected chi connectivity index (χ0v) is 12.2. The summed E-state index contributed by atoms with van der Waals surface area (Å²) < 4.78 is 0.625. The number of nitrogens with one attached hydrogen (secondary N) is 2. The molecule has 0 fully saturated rings. The number of benzene rings is 1. The van der Waals surface area contributed by atoms with Crippen LogP contribution in [0.2, 0.25) is 0 Å². The molecule has 1 aromatic carbocycles. The van der Waals surface area contributed by atoms with Gasteiger partial charge in [0.25, 0.3) is 5.91 Å². The van der Waals surface area contributed by atoms with Crippen LogP contribution in [-0.4, -0.2) is 31.5 Å². The van der Waals surface area contributed by atoms with Crippen LogP contribution in [0.4, 0.5) is 5.69 Å². The summed E-state index contributed by atoms with van der Waals surface area (Å²) in [4.78, 5) is 16.3. The van der Waals surface area contributed by atoms with Gasteiger partial charge in [0.2, 0.25) is 5.82 Å². The lowest BCUT2D eigenvalue weighted by atomic mass is 10.1. The van der Waals surface area contributed by atoms with E-state index in [0.29, 0.717) is 27.1 Å². The largest absolute Gasteiger partial charge is 0.321 e. The number of rotatable bonds is 3. The smallest absolute Gasteiger partial charge is 0.256 e. The van der Waals surface area contributed by atoms with Gasteiger partial charge in [0.15, 0.2) is 0 Å². The van der Waals surface area contributed by atoms with Crippen LogP contribution in [0.5, 0.6) is 0 Å². The number of H-pyrrole nitrogens is 1. The molecule has 0 saturated carbocycles. The second-order valence-electron chi connectivity index (χ2n) is 4.09. The van der Waals surface area contributed by atoms with Crippen molar-refractivity contribution in [1.29, 1.82) is 0 Å². The molecular weight excluding hydrogens is 336 g/mol. The van der Waals surface area contributed by atoms with E-state index in [1.807, 2.05) is 18.2 Å². The normalized spacial score (nSPS) is 10.3. The van der Waals surface area contributed by atoms with Gasteiger partial charge in [-0.05, 0) is 39.3 Å². The Morgan fingerprint density at radius 2 is 2.10 bits per heavy atom. The third kappa shape index (κ3) is 2.79. The highest BCUT2D eigenvalue weighted by molar-refractivity contribution is 9.10. The predicted molar refractivity (Wildman–Crippen MR) is 79.5 cm³/mol. The molecule has 2 heterocycles. The zero-order chi connectivity index (χ0) is 14.7. The lowest BCUT2D eigenvalue weighted by molar-refractivity contribution is 0.102. The Kier molecular flexibility index (Phi) is 3.69. The summed E-state index contributed by atoms with van der Waals surface area (Å²) in [5.74, 6) is 0.167. The quantitative estimate of drug-likeness (QED) is 0.759. The molecule has 104 valence electrons. The lowest BCUT2D eigenvalue weighted by Crippen LogP contribution is -2.13. The summed E-state index contributed by atoms with van der Waals surface area (Å²) in [6.07, 6.45) is 3.13. The van der Waals surface area contributed by atoms with Crippen LogP contribution in [0.1, 0.15) is 10.4 Å². The second kappa shape index (κ2) is 5.80. The van der Waals surface area contributed by atoms with Crippen molar-refractivity contribution in [3.8, 4) is 11.4 Å². The summed E-state index contributed by atoms with van der Waals surface area (Å²) in [7, 11) is 0. The van der Waals surface area contributed by atoms with E-state index in [9.17, 15) is 4.79 Å². The Bertz CT molecular complexity index is 774. The number of hydrogen-bond donors (Lipinski definition) is 2. The fourth-order valence-corrected chi connectivity index (χ4v) is 2.24. The maximum Gasteiger partial charge on any atom is 0.256 e. The van der Waals surface area contributed by atoms with Gasteiger partial charge in [-0.15, -0.1) is 10.2 Å². The molecular formula is C13H9BrN6O. The Hall–Kier alpha value is -2.61. The molecule has 7 nitrogen and oxygen atoms in total. The van der Waals surface area contributed by atoms with Crippen molar-refractivity contribution < 1.29 is 4.79 Å². The minimum Gasteiger partial charge on any atom is -0.321 e. The number of amides is 1. The third-order valence-electron chi connectivity index (χ3n) is 2.78. The maximum atomic E-state index is 12.3. The molecule has 2 N–H and O–H groups in total. The number of aromatic amines is 1. The standard InChI is InChI=1S/C13H9BrN6O/c14-10-7-15-6-5-8(10)13(21)16-11-4-2-1-3-9(11)12-17-19-20-18-12/h1-7H,(H,16,21)(H,17,18,19,20). The zero-order valence-electron chi connectivity index (χ0n) is 10.6. The van der Waals surface area contributed by atoms with Crippen molar-refractivity contribution in [3.05, 3.63) is 52.8 Å². The molecule has 0 spiro atoms. The van der Waals surface area contributed by atoms with E-state index in [1.54, 1.807) is 24.5 Å². The van der Waals surface area contributed by atoms with Crippen LogP contribution in [0.3, 0.4) is 0 Å². The van der Waals surface area contributed by atoms with E-state index in [2.05, 4.69) is 46.9 Å². The van der Waals surface area contributed by atoms with Crippen molar-refractivity contribution >= 4 is 27.5 Å². The Labute approximate surface area is 127 Å². The first-order valence-corrected chi connectivity index (χ1v) is 6.78. The summed E-state index contributed by atoms with van der Waals surface area (Å²) in [6.45, 7) is 0. The molecule has 8 heteroatoms. The molecule has 1 amide bonds. The van der Waals surface area contributed by atoms with E-state index in [4.69, 9.17) is 0 Å². The average molecular weight is 345 g/mol. The van der Waals surface area contributed by atoms with Crippen molar-refractivity contribution in [1.82, 2.24) is 25.6 Å². The van der Waals surface area contributed by atoms with Crippen molar-refractivity contribution in [3.63, 3.8) is 0 Å². The Morgan fingerprint density at radius 1 is 1.24 bits per heavy atom. The number of anilines is 1. The van der Waals surface area contributed by atoms with Gasteiger partial charge in [0.05, 0.1) is 11.3 Å². The first-order valence-electron chi connectivity index (χ1n) is 5.99. The number of tetrazole rings is 1. The van der Waals surface area contributed by atoms with Crippen molar-refractivity contribution in [2.75, 3.05) is 5.32 Å². The number of hydrogen-bond acceptors (Lipinski definition) is 5. The number of halogens is 1. The highest BCUT2D eigenvalue weighted by Gasteiger charge is 2.14. The summed E-state index contributed by atoms with van der Waals surface area (Å²) in [5.41, 5.74) is 1.78. The number of carbonyl (C=O) groups excluding carboxylic acids is 1. The van der Waals surface area contributed by atoms with Crippen LogP contribution in [0.15, 0.2) is 47.2 Å². The van der Waals surface area contributed by atoms with Crippen molar-refractivity contribution in [2.45, 2.75) is 0 Å². The Balaban J connectivity index is 1.93. The lowest BCUT2D eigenvalue weighted by Gasteiger charge is -2.09. The van der Waals surface area contributed by atoms with Gasteiger partial charge in [-0.2, -0.15) is 5.21 Å². The fraction of sp³-hybridized carbons (Fsp3) is 0. The van der Waals surface area contributed by atoms with E-state index in [1.165, 1.54) is 0 Å². The van der Waals surface area contributed by atoms with Gasteiger partial charge >= 0.3 is 0 Å². The number of carbonyl (C=O) groups is 1. The van der Waals surface area contributed by atoms with Crippen LogP contribution >= 0.6 is 15.9 Å². The van der Waals surface area contributed by atoms with Gasteiger partial charge in [-0.25, -0.2) is 0 Å². The molecule has 0 aliphatic carbocycles. The van der Waals surface area contributed by atoms with Crippen molar-refractivity contribution in [2.24, 2.45) is 0 Å². The molecule has 0 radical (unpaired) electrons. The number of nitrogens with zero attached hydrogens (tertiary/aromatic N) is 4. The molecule has 0 atom stereocenters. The molecule has 0 aliphatic rings. The highest BCUT2D eigenvalue weighted by Crippen LogP contribution is 2.25. The molecule has 2 aromatic heterocycles. The van der Waals surface area contributed by atoms with Gasteiger partial charge in [-0.1, -0.05) is 12.1 Å². The molecule has 3 aromatic rings. The molecule has 0 unspecified atom stereocenters. The van der Waals surface area contributed by atoms with Gasteiger partial charge in [0, 0.05) is 22.4 Å². The topological polar surface area (TPSA) is 96.5 Å². The number of para-hydroxylation sites is 1. The minimum absolute atomic E-state index is 0.250. The highest BCUT2D eigenvalue weighted by atomic mass is 79.9. The van der Waals surface area contributed by atoms with Crippen LogP contribution in [0.25, 0.3) is 11.4 Å². The average Bonchev–Trinajstić information content (AvgIpc) is 3.02. The monoisotopic (exact) mass is 344 g/mol. The molecule has 21 heavy (non-hydrogen) atoms. The van der Waals surface area contributed by atoms with E-state index < -0.39 is 0 Å². The second-order valence-corrected chi connectivity index (χ2v) is 4.94. The number of pyridine rings is 1. The van der Waals surface area contributed by atoms with E-state index in [0.717, 1.165) is 0 Å². The molecule has 0 saturated heterocycles. The van der Waals surface area contributed by atoms with Gasteiger partial charge < -0.3 is 5.32 Å². The van der Waals surface area contributed by atoms with Crippen LogP contribution < -0.4 is 5.32 Å². The molecule has 0 bridgehead atoms. The summed E-state index contributed by atoms with van der Waals surface area (Å²) in [5, 5.41) is 16.6. The first kappa shape index (κ1) is 13.4. The van der Waals surface area contributed by atoms with Crippen LogP contribution in [-0.2, 0) is 0 Å². The fourth-order valence-electron chi connectivity index (χ4n) is 1.81. The van der Waals surface area contributed by atoms with Gasteiger partial charge in [0.1, 0.15) is 0 Å². The third-order valence-corrected chi connectivity index (χ3v) is 3.41. The summed E-state index contributed by atoms with van der Waals surface area (Å²) in [6, 6.07) is 8.88. The SMILES string of the molecule is O=C(Nc1ccccc1-c1nn[nH]n1)c1ccncc1Br. The summed E-state index contributed by atoms with van der Waals surface area (Å²) >= 11 is 3.30.